The monoisotopic (exact) mass is 320 g/mol. The van der Waals surface area contributed by atoms with Gasteiger partial charge >= 0.3 is 0 Å². The number of benzene rings is 1. The van der Waals surface area contributed by atoms with Gasteiger partial charge in [-0.1, -0.05) is 0 Å². The summed E-state index contributed by atoms with van der Waals surface area (Å²) < 4.78 is 16.9. The number of nitrogens with one attached hydrogen (secondary N) is 1. The van der Waals surface area contributed by atoms with Crippen LogP contribution in [0.5, 0.6) is 11.5 Å². The van der Waals surface area contributed by atoms with Crippen LogP contribution in [0.1, 0.15) is 22.8 Å². The number of hydrogen-bond acceptors (Lipinski definition) is 5. The van der Waals surface area contributed by atoms with Crippen molar-refractivity contribution in [2.45, 2.75) is 26.0 Å². The fourth-order valence-corrected chi connectivity index (χ4v) is 3.17. The van der Waals surface area contributed by atoms with Crippen LogP contribution < -0.4 is 14.8 Å². The van der Waals surface area contributed by atoms with Gasteiger partial charge in [0.25, 0.3) is 5.91 Å². The first-order valence-electron chi connectivity index (χ1n) is 8.09. The molecule has 0 aromatic heterocycles. The van der Waals surface area contributed by atoms with Gasteiger partial charge in [0.15, 0.2) is 11.5 Å². The van der Waals surface area contributed by atoms with Crippen LogP contribution in [0.3, 0.4) is 0 Å². The smallest absolute Gasteiger partial charge is 0.252 e. The minimum absolute atomic E-state index is 0.0000470. The molecule has 0 aliphatic carbocycles. The average molecular weight is 320 g/mol. The summed E-state index contributed by atoms with van der Waals surface area (Å²) >= 11 is 0. The number of likely N-dealkylation sites (N-methyl/N-ethyl adjacent to an activating group) is 1. The van der Waals surface area contributed by atoms with E-state index in [0.717, 1.165) is 18.7 Å². The highest BCUT2D eigenvalue weighted by Gasteiger charge is 2.33. The van der Waals surface area contributed by atoms with Gasteiger partial charge in [0.2, 0.25) is 0 Å². The summed E-state index contributed by atoms with van der Waals surface area (Å²) in [6, 6.07) is 3.64. The Bertz CT molecular complexity index is 590. The maximum atomic E-state index is 12.7. The van der Waals surface area contributed by atoms with E-state index < -0.39 is 0 Å². The van der Waals surface area contributed by atoms with Gasteiger partial charge in [0.1, 0.15) is 13.2 Å². The lowest BCUT2D eigenvalue weighted by Crippen LogP contribution is -2.44. The third-order valence-electron chi connectivity index (χ3n) is 4.28. The second-order valence-electron chi connectivity index (χ2n) is 6.11. The number of hydrogen-bond donors (Lipinski definition) is 1. The van der Waals surface area contributed by atoms with Crippen molar-refractivity contribution in [1.82, 2.24) is 10.2 Å². The Labute approximate surface area is 136 Å². The zero-order chi connectivity index (χ0) is 16.4. The number of carbonyl (C=O) groups excluding carboxylic acids is 1. The van der Waals surface area contributed by atoms with Gasteiger partial charge in [-0.25, -0.2) is 0 Å². The summed E-state index contributed by atoms with van der Waals surface area (Å²) in [5.74, 6) is 1.25. The maximum Gasteiger partial charge on any atom is 0.252 e. The van der Waals surface area contributed by atoms with E-state index in [1.165, 1.54) is 0 Å². The van der Waals surface area contributed by atoms with Crippen LogP contribution in [0, 0.1) is 6.92 Å². The molecule has 1 amide bonds. The number of carbonyl (C=O) groups is 1. The van der Waals surface area contributed by atoms with Crippen LogP contribution in [0.2, 0.25) is 0 Å². The minimum Gasteiger partial charge on any atom is -0.486 e. The zero-order valence-electron chi connectivity index (χ0n) is 13.9. The second-order valence-corrected chi connectivity index (χ2v) is 6.11. The first-order chi connectivity index (χ1) is 11.1. The molecular formula is C17H24N2O4. The van der Waals surface area contributed by atoms with Crippen molar-refractivity contribution in [2.24, 2.45) is 0 Å². The SMILES string of the molecule is CCO[C@H]1CN(C)C[C@@H]1NC(=O)c1cc2c(cc1C)OCCO2. The Kier molecular flexibility index (Phi) is 4.73. The van der Waals surface area contributed by atoms with Crippen LogP contribution >= 0.6 is 0 Å². The van der Waals surface area contributed by atoms with E-state index in [1.807, 2.05) is 27.0 Å². The highest BCUT2D eigenvalue weighted by atomic mass is 16.6. The Morgan fingerprint density at radius 3 is 2.70 bits per heavy atom. The van der Waals surface area contributed by atoms with Gasteiger partial charge in [-0.15, -0.1) is 0 Å². The molecular weight excluding hydrogens is 296 g/mol. The van der Waals surface area contributed by atoms with Crippen LogP contribution in [-0.4, -0.2) is 62.9 Å². The largest absolute Gasteiger partial charge is 0.486 e. The van der Waals surface area contributed by atoms with Crippen molar-refractivity contribution in [1.29, 1.82) is 0 Å². The molecule has 6 nitrogen and oxygen atoms in total. The second kappa shape index (κ2) is 6.76. The van der Waals surface area contributed by atoms with E-state index in [0.29, 0.717) is 36.9 Å². The van der Waals surface area contributed by atoms with Crippen molar-refractivity contribution in [3.05, 3.63) is 23.3 Å². The highest BCUT2D eigenvalue weighted by Crippen LogP contribution is 2.33. The lowest BCUT2D eigenvalue weighted by Gasteiger charge is -2.22. The molecule has 23 heavy (non-hydrogen) atoms. The van der Waals surface area contributed by atoms with E-state index in [-0.39, 0.29) is 18.1 Å². The lowest BCUT2D eigenvalue weighted by molar-refractivity contribution is 0.0513. The van der Waals surface area contributed by atoms with Gasteiger partial charge in [-0.05, 0) is 38.6 Å². The summed E-state index contributed by atoms with van der Waals surface area (Å²) in [7, 11) is 2.04. The predicted octanol–water partition coefficient (Wildman–Crippen LogP) is 1.22. The van der Waals surface area contributed by atoms with Crippen LogP contribution in [0.4, 0.5) is 0 Å². The van der Waals surface area contributed by atoms with Crippen LogP contribution in [0.25, 0.3) is 0 Å². The maximum absolute atomic E-state index is 12.7. The van der Waals surface area contributed by atoms with E-state index in [1.54, 1.807) is 6.07 Å². The summed E-state index contributed by atoms with van der Waals surface area (Å²) in [4.78, 5) is 14.9. The normalized spacial score (nSPS) is 23.8. The van der Waals surface area contributed by atoms with Gasteiger partial charge in [0, 0.05) is 25.3 Å². The molecule has 0 unspecified atom stereocenters. The fraction of sp³-hybridized carbons (Fsp3) is 0.588. The highest BCUT2D eigenvalue weighted by molar-refractivity contribution is 5.96. The molecule has 0 spiro atoms. The Balaban J connectivity index is 1.75. The minimum atomic E-state index is -0.0931. The first kappa shape index (κ1) is 16.1. The summed E-state index contributed by atoms with van der Waals surface area (Å²) in [5.41, 5.74) is 1.50. The third-order valence-corrected chi connectivity index (χ3v) is 4.28. The molecule has 1 aromatic rings. The van der Waals surface area contributed by atoms with E-state index in [2.05, 4.69) is 10.2 Å². The molecule has 1 aromatic carbocycles. The molecule has 2 aliphatic rings. The molecule has 0 saturated carbocycles. The predicted molar refractivity (Wildman–Crippen MR) is 86.3 cm³/mol. The first-order valence-corrected chi connectivity index (χ1v) is 8.09. The number of aryl methyl sites for hydroxylation is 1. The molecule has 2 aliphatic heterocycles. The van der Waals surface area contributed by atoms with Crippen molar-refractivity contribution in [2.75, 3.05) is 40.0 Å². The molecule has 1 saturated heterocycles. The Morgan fingerprint density at radius 2 is 2.00 bits per heavy atom. The standard InChI is InChI=1S/C17H24N2O4/c1-4-21-16-10-19(3)9-13(16)18-17(20)12-8-15-14(7-11(12)2)22-5-6-23-15/h7-8,13,16H,4-6,9-10H2,1-3H3,(H,18,20)/t13-,16-/m0/s1. The molecule has 2 heterocycles. The van der Waals surface area contributed by atoms with E-state index in [9.17, 15) is 4.79 Å². The molecule has 3 rings (SSSR count). The zero-order valence-corrected chi connectivity index (χ0v) is 13.9. The average Bonchev–Trinajstić information content (AvgIpc) is 2.86. The number of likely N-dealkylation sites (tertiary alicyclic amines) is 1. The van der Waals surface area contributed by atoms with Gasteiger partial charge in [-0.2, -0.15) is 0 Å². The van der Waals surface area contributed by atoms with Gasteiger partial charge in [0.05, 0.1) is 12.1 Å². The van der Waals surface area contributed by atoms with E-state index in [4.69, 9.17) is 14.2 Å². The fourth-order valence-electron chi connectivity index (χ4n) is 3.17. The van der Waals surface area contributed by atoms with Crippen LogP contribution in [-0.2, 0) is 4.74 Å². The summed E-state index contributed by atoms with van der Waals surface area (Å²) in [6.07, 6.45) is 0.0338. The molecule has 0 bridgehead atoms. The number of rotatable bonds is 4. The number of ether oxygens (including phenoxy) is 3. The number of fused-ring (bicyclic) bond motifs is 1. The summed E-state index contributed by atoms with van der Waals surface area (Å²) in [6.45, 7) is 7.21. The quantitative estimate of drug-likeness (QED) is 0.904. The van der Waals surface area contributed by atoms with Gasteiger partial charge < -0.3 is 24.4 Å². The number of amides is 1. The van der Waals surface area contributed by atoms with Crippen molar-refractivity contribution >= 4 is 5.91 Å². The topological polar surface area (TPSA) is 60.0 Å². The van der Waals surface area contributed by atoms with Crippen molar-refractivity contribution in [3.63, 3.8) is 0 Å². The summed E-state index contributed by atoms with van der Waals surface area (Å²) in [5, 5.41) is 3.11. The molecule has 1 N–H and O–H groups in total. The number of nitrogens with zero attached hydrogens (tertiary/aromatic N) is 1. The van der Waals surface area contributed by atoms with E-state index >= 15 is 0 Å². The molecule has 2 atom stereocenters. The third kappa shape index (κ3) is 3.43. The Hall–Kier alpha value is -1.79. The van der Waals surface area contributed by atoms with Crippen molar-refractivity contribution < 1.29 is 19.0 Å². The molecule has 126 valence electrons. The van der Waals surface area contributed by atoms with Crippen LogP contribution in [0.15, 0.2) is 12.1 Å². The lowest BCUT2D eigenvalue weighted by atomic mass is 10.1. The molecule has 1 fully saturated rings. The van der Waals surface area contributed by atoms with Gasteiger partial charge in [-0.3, -0.25) is 4.79 Å². The molecule has 6 heteroatoms. The molecule has 0 radical (unpaired) electrons. The van der Waals surface area contributed by atoms with Crippen molar-refractivity contribution in [3.8, 4) is 11.5 Å². The Morgan fingerprint density at radius 1 is 1.30 bits per heavy atom.